The second-order valence-electron chi connectivity index (χ2n) is 4.57. The van der Waals surface area contributed by atoms with Crippen LogP contribution >= 0.6 is 11.3 Å². The van der Waals surface area contributed by atoms with Gasteiger partial charge >= 0.3 is 0 Å². The first-order valence-electron chi connectivity index (χ1n) is 6.46. The molecule has 1 atom stereocenters. The molecule has 0 aliphatic rings. The summed E-state index contributed by atoms with van der Waals surface area (Å²) >= 11 is 1.72. The first-order valence-corrected chi connectivity index (χ1v) is 7.34. The van der Waals surface area contributed by atoms with Gasteiger partial charge in [-0.2, -0.15) is 0 Å². The molecule has 0 bridgehead atoms. The van der Waals surface area contributed by atoms with Gasteiger partial charge in [0, 0.05) is 6.20 Å². The van der Waals surface area contributed by atoms with Gasteiger partial charge in [0.1, 0.15) is 5.75 Å². The topological polar surface area (TPSA) is 34.1 Å². The molecule has 0 aliphatic heterocycles. The first-order chi connectivity index (χ1) is 9.81. The number of hydrogen-bond acceptors (Lipinski definition) is 4. The summed E-state index contributed by atoms with van der Waals surface area (Å²) in [5.41, 5.74) is 3.39. The van der Waals surface area contributed by atoms with Crippen molar-refractivity contribution in [3.63, 3.8) is 0 Å². The quantitative estimate of drug-likeness (QED) is 0.794. The van der Waals surface area contributed by atoms with Gasteiger partial charge in [0.25, 0.3) is 0 Å². The van der Waals surface area contributed by atoms with Crippen LogP contribution in [0, 0.1) is 0 Å². The Morgan fingerprint density at radius 3 is 2.90 bits per heavy atom. The summed E-state index contributed by atoms with van der Waals surface area (Å²) in [5.74, 6) is 0.868. The zero-order valence-electron chi connectivity index (χ0n) is 11.5. The van der Waals surface area contributed by atoms with Gasteiger partial charge in [0.05, 0.1) is 23.4 Å². The number of thiophene rings is 1. The Hall–Kier alpha value is -1.91. The molecule has 3 rings (SSSR count). The fourth-order valence-electron chi connectivity index (χ4n) is 2.37. The molecular formula is C16H16N2OS. The van der Waals surface area contributed by atoms with Crippen LogP contribution in [0.15, 0.2) is 48.0 Å². The van der Waals surface area contributed by atoms with E-state index in [1.165, 1.54) is 10.3 Å². The van der Waals surface area contributed by atoms with E-state index in [4.69, 9.17) is 4.74 Å². The van der Waals surface area contributed by atoms with Gasteiger partial charge in [-0.3, -0.25) is 4.98 Å². The Balaban J connectivity index is 2.03. The number of methoxy groups -OCH3 is 1. The predicted octanol–water partition coefficient (Wildman–Crippen LogP) is 3.61. The van der Waals surface area contributed by atoms with E-state index in [0.717, 1.165) is 16.8 Å². The van der Waals surface area contributed by atoms with Gasteiger partial charge in [-0.15, -0.1) is 11.3 Å². The van der Waals surface area contributed by atoms with Crippen LogP contribution in [0.1, 0.15) is 17.2 Å². The standard InChI is InChI=1S/C16H16N2OS/c1-17-16(11-4-3-5-13(8-11)19-2)12-9-15-14(18-10-12)6-7-20-15/h3-10,16-17H,1-2H3. The van der Waals surface area contributed by atoms with Crippen molar-refractivity contribution in [2.24, 2.45) is 0 Å². The van der Waals surface area contributed by atoms with Crippen molar-refractivity contribution < 1.29 is 4.74 Å². The average Bonchev–Trinajstić information content (AvgIpc) is 2.96. The maximum absolute atomic E-state index is 5.30. The molecule has 4 heteroatoms. The normalized spacial score (nSPS) is 12.5. The summed E-state index contributed by atoms with van der Waals surface area (Å²) in [4.78, 5) is 4.52. The molecule has 3 nitrogen and oxygen atoms in total. The van der Waals surface area contributed by atoms with Crippen LogP contribution in [-0.2, 0) is 0 Å². The van der Waals surface area contributed by atoms with Crippen LogP contribution < -0.4 is 10.1 Å². The smallest absolute Gasteiger partial charge is 0.119 e. The minimum absolute atomic E-state index is 0.115. The predicted molar refractivity (Wildman–Crippen MR) is 83.5 cm³/mol. The van der Waals surface area contributed by atoms with E-state index in [-0.39, 0.29) is 6.04 Å². The number of benzene rings is 1. The summed E-state index contributed by atoms with van der Waals surface area (Å²) < 4.78 is 6.52. The van der Waals surface area contributed by atoms with Crippen molar-refractivity contribution in [1.82, 2.24) is 10.3 Å². The average molecular weight is 284 g/mol. The van der Waals surface area contributed by atoms with Gasteiger partial charge in [0.15, 0.2) is 0 Å². The molecule has 0 amide bonds. The zero-order valence-corrected chi connectivity index (χ0v) is 12.3. The molecule has 0 aliphatic carbocycles. The molecule has 1 N–H and O–H groups in total. The van der Waals surface area contributed by atoms with Gasteiger partial charge in [-0.1, -0.05) is 12.1 Å². The molecule has 20 heavy (non-hydrogen) atoms. The summed E-state index contributed by atoms with van der Waals surface area (Å²) in [6, 6.07) is 12.5. The lowest BCUT2D eigenvalue weighted by Gasteiger charge is -2.17. The minimum Gasteiger partial charge on any atom is -0.497 e. The third kappa shape index (κ3) is 2.40. The fourth-order valence-corrected chi connectivity index (χ4v) is 3.16. The number of rotatable bonds is 4. The maximum atomic E-state index is 5.30. The molecule has 2 heterocycles. The van der Waals surface area contributed by atoms with Crippen LogP contribution in [0.2, 0.25) is 0 Å². The SMILES string of the molecule is CNC(c1cccc(OC)c1)c1cnc2ccsc2c1. The lowest BCUT2D eigenvalue weighted by Crippen LogP contribution is -2.17. The number of aromatic nitrogens is 1. The Kier molecular flexibility index (Phi) is 3.67. The number of hydrogen-bond donors (Lipinski definition) is 1. The van der Waals surface area contributed by atoms with Crippen LogP contribution in [0.3, 0.4) is 0 Å². The van der Waals surface area contributed by atoms with E-state index in [9.17, 15) is 0 Å². The highest BCUT2D eigenvalue weighted by Crippen LogP contribution is 2.28. The van der Waals surface area contributed by atoms with Crippen molar-refractivity contribution in [2.45, 2.75) is 6.04 Å². The second kappa shape index (κ2) is 5.61. The molecule has 1 aromatic carbocycles. The van der Waals surface area contributed by atoms with Gasteiger partial charge < -0.3 is 10.1 Å². The number of ether oxygens (including phenoxy) is 1. The fraction of sp³-hybridized carbons (Fsp3) is 0.188. The molecule has 0 saturated carbocycles. The Bertz CT molecular complexity index is 723. The Morgan fingerprint density at radius 2 is 2.10 bits per heavy atom. The van der Waals surface area contributed by atoms with Crippen molar-refractivity contribution in [3.05, 3.63) is 59.1 Å². The van der Waals surface area contributed by atoms with E-state index in [2.05, 4.69) is 33.9 Å². The number of fused-ring (bicyclic) bond motifs is 1. The highest BCUT2D eigenvalue weighted by Gasteiger charge is 2.14. The van der Waals surface area contributed by atoms with E-state index in [1.54, 1.807) is 18.4 Å². The zero-order chi connectivity index (χ0) is 13.9. The third-order valence-corrected chi connectivity index (χ3v) is 4.23. The summed E-state index contributed by atoms with van der Waals surface area (Å²) in [5, 5.41) is 5.42. The molecule has 2 aromatic heterocycles. The van der Waals surface area contributed by atoms with Gasteiger partial charge in [0.2, 0.25) is 0 Å². The van der Waals surface area contributed by atoms with Crippen molar-refractivity contribution in [3.8, 4) is 5.75 Å². The highest BCUT2D eigenvalue weighted by atomic mass is 32.1. The maximum Gasteiger partial charge on any atom is 0.119 e. The summed E-state index contributed by atoms with van der Waals surface area (Å²) in [7, 11) is 3.65. The second-order valence-corrected chi connectivity index (χ2v) is 5.52. The lowest BCUT2D eigenvalue weighted by atomic mass is 10.00. The van der Waals surface area contributed by atoms with Gasteiger partial charge in [-0.25, -0.2) is 0 Å². The van der Waals surface area contributed by atoms with Crippen LogP contribution in [0.25, 0.3) is 10.2 Å². The first kappa shape index (κ1) is 13.1. The lowest BCUT2D eigenvalue weighted by molar-refractivity contribution is 0.414. The van der Waals surface area contributed by atoms with Crippen molar-refractivity contribution >= 4 is 21.6 Å². The highest BCUT2D eigenvalue weighted by molar-refractivity contribution is 7.17. The third-order valence-electron chi connectivity index (χ3n) is 3.37. The number of nitrogens with one attached hydrogen (secondary N) is 1. The van der Waals surface area contributed by atoms with E-state index < -0.39 is 0 Å². The molecular weight excluding hydrogens is 268 g/mol. The summed E-state index contributed by atoms with van der Waals surface area (Å²) in [6.45, 7) is 0. The number of pyridine rings is 1. The van der Waals surface area contributed by atoms with Crippen LogP contribution in [0.5, 0.6) is 5.75 Å². The molecule has 0 spiro atoms. The molecule has 0 radical (unpaired) electrons. The molecule has 0 saturated heterocycles. The van der Waals surface area contributed by atoms with E-state index in [1.807, 2.05) is 31.4 Å². The monoisotopic (exact) mass is 284 g/mol. The Labute approximate surface area is 122 Å². The molecule has 1 unspecified atom stereocenters. The van der Waals surface area contributed by atoms with Crippen molar-refractivity contribution in [2.75, 3.05) is 14.2 Å². The number of nitrogens with zero attached hydrogens (tertiary/aromatic N) is 1. The van der Waals surface area contributed by atoms with Crippen LogP contribution in [-0.4, -0.2) is 19.1 Å². The van der Waals surface area contributed by atoms with Gasteiger partial charge in [-0.05, 0) is 47.8 Å². The largest absolute Gasteiger partial charge is 0.497 e. The molecule has 102 valence electrons. The molecule has 0 fully saturated rings. The van der Waals surface area contributed by atoms with Crippen LogP contribution in [0.4, 0.5) is 0 Å². The molecule has 3 aromatic rings. The summed E-state index contributed by atoms with van der Waals surface area (Å²) in [6.07, 6.45) is 1.94. The van der Waals surface area contributed by atoms with E-state index >= 15 is 0 Å². The van der Waals surface area contributed by atoms with E-state index in [0.29, 0.717) is 0 Å². The van der Waals surface area contributed by atoms with Crippen molar-refractivity contribution in [1.29, 1.82) is 0 Å². The minimum atomic E-state index is 0.115. The Morgan fingerprint density at radius 1 is 1.20 bits per heavy atom.